The molecule has 9 nitrogen and oxygen atoms in total. The summed E-state index contributed by atoms with van der Waals surface area (Å²) in [5, 5.41) is 19.8. The molecule has 3 heterocycles. The van der Waals surface area contributed by atoms with Crippen LogP contribution in [-0.2, 0) is 11.3 Å². The maximum absolute atomic E-state index is 12.7. The second-order valence-corrected chi connectivity index (χ2v) is 5.47. The zero-order valence-corrected chi connectivity index (χ0v) is 12.5. The number of rotatable bonds is 4. The normalized spacial score (nSPS) is 25.0. The summed E-state index contributed by atoms with van der Waals surface area (Å²) in [7, 11) is 0. The molecule has 128 valence electrons. The lowest BCUT2D eigenvalue weighted by molar-refractivity contribution is -0.0797. The lowest BCUT2D eigenvalue weighted by Gasteiger charge is -2.17. The van der Waals surface area contributed by atoms with Crippen LogP contribution in [0.4, 0.5) is 10.3 Å². The minimum absolute atomic E-state index is 0.0232. The molecule has 1 aliphatic heterocycles. The van der Waals surface area contributed by atoms with E-state index in [4.69, 9.17) is 16.9 Å². The van der Waals surface area contributed by atoms with Gasteiger partial charge in [-0.3, -0.25) is 4.57 Å². The molecule has 3 rings (SSSR count). The van der Waals surface area contributed by atoms with Crippen molar-refractivity contribution < 1.29 is 19.3 Å². The molecule has 0 spiro atoms. The summed E-state index contributed by atoms with van der Waals surface area (Å²) in [4.78, 5) is 20.5. The molecule has 24 heavy (non-hydrogen) atoms. The molecule has 0 saturated carbocycles. The van der Waals surface area contributed by atoms with Crippen molar-refractivity contribution in [1.82, 2.24) is 19.1 Å². The van der Waals surface area contributed by atoms with Crippen molar-refractivity contribution in [2.24, 2.45) is 0 Å². The third-order valence-electron chi connectivity index (χ3n) is 3.93. The Labute approximate surface area is 135 Å². The second kappa shape index (κ2) is 6.20. The summed E-state index contributed by atoms with van der Waals surface area (Å²) in [6.45, 7) is -1.05. The Bertz CT molecular complexity index is 857. The number of aliphatic hydroxyl groups is 2. The average molecular weight is 337 g/mol. The van der Waals surface area contributed by atoms with Gasteiger partial charge in [0.2, 0.25) is 5.95 Å². The fraction of sp³-hybridized carbons (Fsp3) is 0.500. The monoisotopic (exact) mass is 337 g/mol. The van der Waals surface area contributed by atoms with Gasteiger partial charge in [-0.2, -0.15) is 4.98 Å². The average Bonchev–Trinajstić information content (AvgIpc) is 3.05. The van der Waals surface area contributed by atoms with Gasteiger partial charge in [0, 0.05) is 6.42 Å². The number of anilines is 1. The van der Waals surface area contributed by atoms with Crippen molar-refractivity contribution in [2.75, 3.05) is 12.4 Å². The first-order valence-electron chi connectivity index (χ1n) is 7.22. The SMILES string of the molecule is C#CCn1c(=O)n([C@@H]2O[C@H]([C@@H](O)CF)C[C@H]2O)c2nc(N)ncc21. The number of aliphatic hydroxyl groups excluding tert-OH is 2. The molecule has 2 aromatic rings. The summed E-state index contributed by atoms with van der Waals surface area (Å²) in [5.41, 5.74) is 5.48. The molecule has 4 N–H and O–H groups in total. The van der Waals surface area contributed by atoms with E-state index in [0.717, 1.165) is 4.57 Å². The van der Waals surface area contributed by atoms with Crippen molar-refractivity contribution in [1.29, 1.82) is 0 Å². The van der Waals surface area contributed by atoms with Crippen molar-refractivity contribution >= 4 is 17.1 Å². The molecule has 4 atom stereocenters. The third kappa shape index (κ3) is 2.52. The van der Waals surface area contributed by atoms with Crippen LogP contribution in [0.15, 0.2) is 11.0 Å². The van der Waals surface area contributed by atoms with Crippen LogP contribution >= 0.6 is 0 Å². The zero-order chi connectivity index (χ0) is 17.4. The number of hydrogen-bond donors (Lipinski definition) is 3. The molecule has 10 heteroatoms. The molecule has 1 aliphatic rings. The number of alkyl halides is 1. The number of halogens is 1. The maximum atomic E-state index is 12.7. The van der Waals surface area contributed by atoms with Gasteiger partial charge in [-0.15, -0.1) is 6.42 Å². The van der Waals surface area contributed by atoms with Crippen LogP contribution in [0.2, 0.25) is 0 Å². The molecule has 0 radical (unpaired) electrons. The first-order valence-corrected chi connectivity index (χ1v) is 7.22. The van der Waals surface area contributed by atoms with E-state index in [9.17, 15) is 19.4 Å². The molecule has 1 saturated heterocycles. The molecule has 0 bridgehead atoms. The number of fused-ring (bicyclic) bond motifs is 1. The zero-order valence-electron chi connectivity index (χ0n) is 12.5. The van der Waals surface area contributed by atoms with Crippen LogP contribution in [0.5, 0.6) is 0 Å². The Kier molecular flexibility index (Phi) is 4.23. The van der Waals surface area contributed by atoms with E-state index >= 15 is 0 Å². The summed E-state index contributed by atoms with van der Waals surface area (Å²) >= 11 is 0. The predicted octanol–water partition coefficient (Wildman–Crippen LogP) is -1.21. The Balaban J connectivity index is 2.13. The Morgan fingerprint density at radius 2 is 2.38 bits per heavy atom. The number of hydrogen-bond acceptors (Lipinski definition) is 7. The van der Waals surface area contributed by atoms with Crippen molar-refractivity contribution in [3.8, 4) is 12.3 Å². The van der Waals surface area contributed by atoms with Crippen LogP contribution in [0.1, 0.15) is 12.6 Å². The fourth-order valence-electron chi connectivity index (χ4n) is 2.80. The molecule has 0 aliphatic carbocycles. The first kappa shape index (κ1) is 16.4. The second-order valence-electron chi connectivity index (χ2n) is 5.47. The van der Waals surface area contributed by atoms with Gasteiger partial charge >= 0.3 is 5.69 Å². The molecule has 2 aromatic heterocycles. The van der Waals surface area contributed by atoms with Crippen molar-refractivity contribution in [2.45, 2.75) is 37.5 Å². The van der Waals surface area contributed by atoms with Gasteiger partial charge in [0.1, 0.15) is 24.4 Å². The lowest BCUT2D eigenvalue weighted by Crippen LogP contribution is -2.32. The van der Waals surface area contributed by atoms with Crippen LogP contribution in [0.25, 0.3) is 11.2 Å². The van der Waals surface area contributed by atoms with Crippen LogP contribution in [0, 0.1) is 12.3 Å². The Morgan fingerprint density at radius 3 is 3.04 bits per heavy atom. The highest BCUT2D eigenvalue weighted by Gasteiger charge is 2.41. The molecule has 0 aromatic carbocycles. The quantitative estimate of drug-likeness (QED) is 0.597. The number of nitrogens with two attached hydrogens (primary N) is 1. The molecular formula is C14H16FN5O4. The van der Waals surface area contributed by atoms with E-state index in [2.05, 4.69) is 15.9 Å². The topological polar surface area (TPSA) is 128 Å². The van der Waals surface area contributed by atoms with E-state index < -0.39 is 36.9 Å². The number of nitrogens with zero attached hydrogens (tertiary/aromatic N) is 4. The predicted molar refractivity (Wildman–Crippen MR) is 81.5 cm³/mol. The molecular weight excluding hydrogens is 321 g/mol. The highest BCUT2D eigenvalue weighted by atomic mass is 19.1. The van der Waals surface area contributed by atoms with E-state index in [0.29, 0.717) is 5.52 Å². The standard InChI is InChI=1S/C14H16FN5O4/c1-2-3-19-7-6-17-13(16)18-11(7)20(14(19)23)12-8(21)4-10(24-12)9(22)5-15/h1,6,8-10,12,21-22H,3-5H2,(H2,16,17,18)/t8-,9+,10+,12-/m1/s1. The van der Waals surface area contributed by atoms with Gasteiger partial charge in [-0.25, -0.2) is 18.7 Å². The van der Waals surface area contributed by atoms with Crippen LogP contribution in [0.3, 0.4) is 0 Å². The van der Waals surface area contributed by atoms with Crippen molar-refractivity contribution in [3.05, 3.63) is 16.7 Å². The number of imidazole rings is 1. The maximum Gasteiger partial charge on any atom is 0.333 e. The van der Waals surface area contributed by atoms with E-state index in [1.165, 1.54) is 10.8 Å². The molecule has 1 fully saturated rings. The Morgan fingerprint density at radius 1 is 1.62 bits per heavy atom. The van der Waals surface area contributed by atoms with E-state index in [1.54, 1.807) is 0 Å². The number of aromatic nitrogens is 4. The van der Waals surface area contributed by atoms with Gasteiger partial charge in [0.25, 0.3) is 0 Å². The molecule has 0 amide bonds. The van der Waals surface area contributed by atoms with Gasteiger partial charge in [-0.05, 0) is 0 Å². The van der Waals surface area contributed by atoms with Gasteiger partial charge in [0.15, 0.2) is 11.9 Å². The largest absolute Gasteiger partial charge is 0.388 e. The molecule has 0 unspecified atom stereocenters. The minimum Gasteiger partial charge on any atom is -0.388 e. The lowest BCUT2D eigenvalue weighted by atomic mass is 10.1. The summed E-state index contributed by atoms with van der Waals surface area (Å²) in [6.07, 6.45) is 2.01. The highest BCUT2D eigenvalue weighted by Crippen LogP contribution is 2.31. The third-order valence-corrected chi connectivity index (χ3v) is 3.93. The van der Waals surface area contributed by atoms with Gasteiger partial charge in [-0.1, -0.05) is 5.92 Å². The number of ether oxygens (including phenoxy) is 1. The summed E-state index contributed by atoms with van der Waals surface area (Å²) in [5.74, 6) is 2.29. The van der Waals surface area contributed by atoms with Crippen LogP contribution in [-0.4, -0.2) is 54.3 Å². The van der Waals surface area contributed by atoms with E-state index in [-0.39, 0.29) is 24.6 Å². The minimum atomic E-state index is -1.39. The smallest absolute Gasteiger partial charge is 0.333 e. The van der Waals surface area contributed by atoms with Crippen molar-refractivity contribution in [3.63, 3.8) is 0 Å². The van der Waals surface area contributed by atoms with Crippen LogP contribution < -0.4 is 11.4 Å². The van der Waals surface area contributed by atoms with Gasteiger partial charge < -0.3 is 20.7 Å². The fourth-order valence-corrected chi connectivity index (χ4v) is 2.80. The summed E-state index contributed by atoms with van der Waals surface area (Å²) < 4.78 is 20.5. The first-order chi connectivity index (χ1) is 11.5. The number of terminal acetylenes is 1. The van der Waals surface area contributed by atoms with E-state index in [1.807, 2.05) is 0 Å². The van der Waals surface area contributed by atoms with Gasteiger partial charge in [0.05, 0.1) is 18.8 Å². The number of nitrogen functional groups attached to an aromatic ring is 1. The Hall–Kier alpha value is -2.48. The summed E-state index contributed by atoms with van der Waals surface area (Å²) in [6, 6.07) is 0. The highest BCUT2D eigenvalue weighted by molar-refractivity contribution is 5.72.